The Labute approximate surface area is 217 Å². The highest BCUT2D eigenvalue weighted by Crippen LogP contribution is 2.40. The summed E-state index contributed by atoms with van der Waals surface area (Å²) >= 11 is 0. The standard InChI is InChI=1S/C24H24N6O3.C4H10/c1-32-20-11-6-12-21(33-2)23(20)19-13-17(24(31)27-14-22(25)28-26)29-30(19)18-10-5-8-15-7-3-4-9-16(15)18;1-4(2)3/h3-13H,14,26H2,1-2H3,(H2,25,28)(H,27,31);4H,1-3H3. The predicted octanol–water partition coefficient (Wildman–Crippen LogP) is 4.33. The Bertz CT molecular complexity index is 1360. The largest absolute Gasteiger partial charge is 0.496 e. The van der Waals surface area contributed by atoms with Gasteiger partial charge in [-0.3, -0.25) is 4.79 Å². The van der Waals surface area contributed by atoms with Crippen molar-refractivity contribution in [2.75, 3.05) is 20.8 Å². The molecule has 0 bridgehead atoms. The van der Waals surface area contributed by atoms with E-state index in [1.807, 2.05) is 60.7 Å². The lowest BCUT2D eigenvalue weighted by molar-refractivity contribution is 0.0954. The van der Waals surface area contributed by atoms with Crippen LogP contribution in [0.3, 0.4) is 0 Å². The summed E-state index contributed by atoms with van der Waals surface area (Å²) in [5, 5.41) is 12.7. The second-order valence-electron chi connectivity index (χ2n) is 8.90. The second-order valence-corrected chi connectivity index (χ2v) is 8.90. The van der Waals surface area contributed by atoms with Crippen molar-refractivity contribution in [2.24, 2.45) is 22.6 Å². The van der Waals surface area contributed by atoms with Gasteiger partial charge in [0.25, 0.3) is 5.91 Å². The first kappa shape index (κ1) is 27.1. The molecule has 0 aliphatic heterocycles. The molecule has 9 nitrogen and oxygen atoms in total. The van der Waals surface area contributed by atoms with E-state index >= 15 is 0 Å². The van der Waals surface area contributed by atoms with Gasteiger partial charge in [0.05, 0.1) is 37.7 Å². The average Bonchev–Trinajstić information content (AvgIpc) is 3.35. The minimum Gasteiger partial charge on any atom is -0.496 e. The zero-order chi connectivity index (χ0) is 26.9. The number of amidine groups is 1. The van der Waals surface area contributed by atoms with Gasteiger partial charge in [-0.15, -0.1) is 0 Å². The highest BCUT2D eigenvalue weighted by atomic mass is 16.5. The molecule has 0 aliphatic rings. The van der Waals surface area contributed by atoms with E-state index in [4.69, 9.17) is 21.1 Å². The fourth-order valence-electron chi connectivity index (χ4n) is 3.66. The van der Waals surface area contributed by atoms with Crippen LogP contribution >= 0.6 is 0 Å². The van der Waals surface area contributed by atoms with Crippen LogP contribution < -0.4 is 26.4 Å². The number of amides is 1. The molecule has 1 aromatic heterocycles. The zero-order valence-electron chi connectivity index (χ0n) is 21.9. The van der Waals surface area contributed by atoms with Gasteiger partial charge in [0.2, 0.25) is 0 Å². The van der Waals surface area contributed by atoms with Gasteiger partial charge in [-0.25, -0.2) is 4.68 Å². The van der Waals surface area contributed by atoms with E-state index in [0.717, 1.165) is 22.4 Å². The Kier molecular flexibility index (Phi) is 9.10. The average molecular weight is 503 g/mol. The molecule has 9 heteroatoms. The molecule has 0 saturated carbocycles. The number of hydrogen-bond acceptors (Lipinski definition) is 6. The number of benzene rings is 3. The Morgan fingerprint density at radius 2 is 1.59 bits per heavy atom. The molecule has 0 atom stereocenters. The number of ether oxygens (including phenoxy) is 2. The van der Waals surface area contributed by atoms with Crippen molar-refractivity contribution >= 4 is 22.5 Å². The van der Waals surface area contributed by atoms with Gasteiger partial charge in [-0.2, -0.15) is 10.2 Å². The fraction of sp³-hybridized carbons (Fsp3) is 0.250. The van der Waals surface area contributed by atoms with Gasteiger partial charge in [0.1, 0.15) is 17.3 Å². The molecular weight excluding hydrogens is 468 g/mol. The zero-order valence-corrected chi connectivity index (χ0v) is 21.9. The van der Waals surface area contributed by atoms with Gasteiger partial charge < -0.3 is 26.4 Å². The molecule has 0 spiro atoms. The highest BCUT2D eigenvalue weighted by Gasteiger charge is 2.23. The first-order valence-corrected chi connectivity index (χ1v) is 11.9. The third kappa shape index (κ3) is 6.38. The van der Waals surface area contributed by atoms with Crippen LogP contribution in [0.15, 0.2) is 71.8 Å². The molecule has 5 N–H and O–H groups in total. The lowest BCUT2D eigenvalue weighted by Crippen LogP contribution is -2.34. The maximum Gasteiger partial charge on any atom is 0.272 e. The predicted molar refractivity (Wildman–Crippen MR) is 148 cm³/mol. The maximum atomic E-state index is 12.9. The van der Waals surface area contributed by atoms with Gasteiger partial charge in [0, 0.05) is 5.39 Å². The number of methoxy groups -OCH3 is 2. The van der Waals surface area contributed by atoms with E-state index < -0.39 is 5.91 Å². The van der Waals surface area contributed by atoms with Crippen molar-refractivity contribution in [3.63, 3.8) is 0 Å². The quantitative estimate of drug-likeness (QED) is 0.149. The Morgan fingerprint density at radius 1 is 1.00 bits per heavy atom. The summed E-state index contributed by atoms with van der Waals surface area (Å²) in [7, 11) is 3.17. The number of rotatable bonds is 7. The minimum absolute atomic E-state index is 0.00374. The lowest BCUT2D eigenvalue weighted by atomic mass is 10.1. The molecule has 0 radical (unpaired) electrons. The molecule has 0 fully saturated rings. The Hall–Kier alpha value is -4.53. The van der Waals surface area contributed by atoms with E-state index in [1.54, 1.807) is 25.0 Å². The molecule has 0 unspecified atom stereocenters. The topological polar surface area (TPSA) is 130 Å². The van der Waals surface area contributed by atoms with E-state index in [1.165, 1.54) is 0 Å². The first-order chi connectivity index (χ1) is 17.8. The van der Waals surface area contributed by atoms with Crippen molar-refractivity contribution in [3.05, 3.63) is 72.4 Å². The van der Waals surface area contributed by atoms with Crippen molar-refractivity contribution in [2.45, 2.75) is 20.8 Å². The van der Waals surface area contributed by atoms with Gasteiger partial charge in [-0.1, -0.05) is 63.2 Å². The maximum absolute atomic E-state index is 12.9. The summed E-state index contributed by atoms with van der Waals surface area (Å²) in [5.74, 6) is 6.84. The summed E-state index contributed by atoms with van der Waals surface area (Å²) < 4.78 is 13.0. The minimum atomic E-state index is -0.421. The van der Waals surface area contributed by atoms with Crippen LogP contribution in [0.4, 0.5) is 0 Å². The fourth-order valence-corrected chi connectivity index (χ4v) is 3.66. The first-order valence-electron chi connectivity index (χ1n) is 11.9. The summed E-state index contributed by atoms with van der Waals surface area (Å²) in [6.45, 7) is 6.50. The van der Waals surface area contributed by atoms with Crippen molar-refractivity contribution in [1.29, 1.82) is 0 Å². The van der Waals surface area contributed by atoms with Crippen LogP contribution in [0.5, 0.6) is 11.5 Å². The van der Waals surface area contributed by atoms with Crippen LogP contribution in [-0.2, 0) is 0 Å². The van der Waals surface area contributed by atoms with Crippen molar-refractivity contribution in [1.82, 2.24) is 15.1 Å². The molecular formula is C28H34N6O3. The number of carbonyl (C=O) groups is 1. The summed E-state index contributed by atoms with van der Waals surface area (Å²) in [4.78, 5) is 12.9. The second kappa shape index (κ2) is 12.4. The van der Waals surface area contributed by atoms with E-state index in [-0.39, 0.29) is 18.1 Å². The Morgan fingerprint density at radius 3 is 2.22 bits per heavy atom. The van der Waals surface area contributed by atoms with Crippen LogP contribution in [0.25, 0.3) is 27.7 Å². The molecule has 3 aromatic carbocycles. The monoisotopic (exact) mass is 502 g/mol. The van der Waals surface area contributed by atoms with Gasteiger partial charge in [0.15, 0.2) is 5.69 Å². The number of hydrazone groups is 1. The smallest absolute Gasteiger partial charge is 0.272 e. The normalized spacial score (nSPS) is 11.1. The van der Waals surface area contributed by atoms with Crippen molar-refractivity contribution < 1.29 is 14.3 Å². The summed E-state index contributed by atoms with van der Waals surface area (Å²) in [5.41, 5.74) is 7.90. The number of fused-ring (bicyclic) bond motifs is 1. The number of nitrogens with zero attached hydrogens (tertiary/aromatic N) is 3. The molecule has 4 aromatic rings. The third-order valence-electron chi connectivity index (χ3n) is 5.22. The van der Waals surface area contributed by atoms with Crippen molar-refractivity contribution in [3.8, 4) is 28.4 Å². The van der Waals surface area contributed by atoms with Gasteiger partial charge >= 0.3 is 0 Å². The summed E-state index contributed by atoms with van der Waals surface area (Å²) in [6, 6.07) is 21.1. The molecule has 4 rings (SSSR count). The van der Waals surface area contributed by atoms with Crippen LogP contribution in [0.1, 0.15) is 31.3 Å². The lowest BCUT2D eigenvalue weighted by Gasteiger charge is -2.15. The number of carbonyl (C=O) groups excluding carboxylic acids is 1. The Balaban J connectivity index is 0.000000886. The van der Waals surface area contributed by atoms with Crippen LogP contribution in [-0.4, -0.2) is 42.3 Å². The number of nitrogens with one attached hydrogen (secondary N) is 1. The third-order valence-corrected chi connectivity index (χ3v) is 5.22. The van der Waals surface area contributed by atoms with Crippen LogP contribution in [0, 0.1) is 5.92 Å². The molecule has 37 heavy (non-hydrogen) atoms. The molecule has 1 heterocycles. The SMILES string of the molecule is CC(C)C.COc1cccc(OC)c1-c1cc(C(=O)NC/C(N)=N/N)nn1-c1cccc2ccccc12. The number of aromatic nitrogens is 2. The summed E-state index contributed by atoms with van der Waals surface area (Å²) in [6.07, 6.45) is 0. The highest BCUT2D eigenvalue weighted by molar-refractivity contribution is 5.97. The number of hydrogen-bond donors (Lipinski definition) is 3. The van der Waals surface area contributed by atoms with E-state index in [9.17, 15) is 4.79 Å². The molecule has 1 amide bonds. The van der Waals surface area contributed by atoms with E-state index in [0.29, 0.717) is 22.8 Å². The van der Waals surface area contributed by atoms with E-state index in [2.05, 4.69) is 36.3 Å². The molecule has 194 valence electrons. The van der Waals surface area contributed by atoms with Crippen LogP contribution in [0.2, 0.25) is 0 Å². The molecule has 0 aliphatic carbocycles. The van der Waals surface area contributed by atoms with Gasteiger partial charge in [-0.05, 0) is 35.6 Å². The molecule has 0 saturated heterocycles. The number of nitrogens with two attached hydrogens (primary N) is 2.